The second-order valence-electron chi connectivity index (χ2n) is 14.7. The molecule has 1 fully saturated rings. The number of tetrazole rings is 1. The zero-order chi connectivity index (χ0) is 43.3. The number of alkyl carbamates (subject to hydrolysis) is 1. The molecule has 4 aromatic rings. The zero-order valence-electron chi connectivity index (χ0n) is 33.2. The maximum absolute atomic E-state index is 13.8. The molecule has 2 heterocycles. The van der Waals surface area contributed by atoms with Gasteiger partial charge in [-0.05, 0) is 113 Å². The summed E-state index contributed by atoms with van der Waals surface area (Å²) >= 11 is 0. The van der Waals surface area contributed by atoms with Crippen LogP contribution in [0, 0.1) is 18.8 Å². The lowest BCUT2D eigenvalue weighted by Crippen LogP contribution is -2.48. The highest BCUT2D eigenvalue weighted by Crippen LogP contribution is 2.29. The molecule has 1 saturated carbocycles. The number of carbonyl (C=O) groups is 5. The fourth-order valence-corrected chi connectivity index (χ4v) is 6.13. The molecule has 2 aromatic heterocycles. The molecule has 19 heteroatoms. The number of esters is 1. The molecule has 1 aliphatic rings. The maximum atomic E-state index is 13.8. The van der Waals surface area contributed by atoms with Crippen molar-refractivity contribution in [2.75, 3.05) is 18.5 Å². The average Bonchev–Trinajstić information content (AvgIpc) is 3.72. The van der Waals surface area contributed by atoms with Gasteiger partial charge in [-0.3, -0.25) is 9.59 Å². The van der Waals surface area contributed by atoms with Crippen LogP contribution >= 0.6 is 0 Å². The van der Waals surface area contributed by atoms with Crippen LogP contribution in [0.25, 0.3) is 22.5 Å². The number of hydrogen-bond acceptors (Lipinski definition) is 11. The van der Waals surface area contributed by atoms with E-state index < -0.39 is 35.9 Å². The van der Waals surface area contributed by atoms with Gasteiger partial charge in [-0.25, -0.2) is 19.4 Å². The van der Waals surface area contributed by atoms with Crippen molar-refractivity contribution in [3.8, 4) is 22.5 Å². The fraction of sp³-hybridized carbons (Fsp3) is 0.425. The van der Waals surface area contributed by atoms with Crippen molar-refractivity contribution >= 4 is 35.5 Å². The van der Waals surface area contributed by atoms with Crippen LogP contribution in [0.15, 0.2) is 60.7 Å². The maximum Gasteiger partial charge on any atom is 0.490 e. The number of nitrogens with one attached hydrogen (secondary N) is 4. The van der Waals surface area contributed by atoms with Gasteiger partial charge in [0.1, 0.15) is 17.3 Å². The van der Waals surface area contributed by atoms with Gasteiger partial charge in [-0.15, -0.1) is 10.2 Å². The third kappa shape index (κ3) is 14.2. The minimum absolute atomic E-state index is 0.175. The molecular formula is C40H47F3N8O8. The summed E-state index contributed by atoms with van der Waals surface area (Å²) < 4.78 is 42.1. The second-order valence-corrected chi connectivity index (χ2v) is 14.7. The summed E-state index contributed by atoms with van der Waals surface area (Å²) in [6, 6.07) is 17.4. The third-order valence-electron chi connectivity index (χ3n) is 9.06. The molecule has 1 atom stereocenters. The number of alkyl halides is 3. The Morgan fingerprint density at radius 1 is 0.915 bits per heavy atom. The lowest BCUT2D eigenvalue weighted by atomic mass is 9.81. The number of H-pyrrole nitrogens is 1. The Kier molecular flexibility index (Phi) is 15.6. The van der Waals surface area contributed by atoms with Crippen LogP contribution < -0.4 is 16.0 Å². The van der Waals surface area contributed by atoms with Gasteiger partial charge in [0.15, 0.2) is 0 Å². The Bertz CT molecular complexity index is 2050. The fourth-order valence-electron chi connectivity index (χ4n) is 6.13. The predicted molar refractivity (Wildman–Crippen MR) is 208 cm³/mol. The number of amides is 3. The predicted octanol–water partition coefficient (Wildman–Crippen LogP) is 6.04. The van der Waals surface area contributed by atoms with Crippen LogP contribution in [0.5, 0.6) is 0 Å². The molecule has 5 N–H and O–H groups in total. The Morgan fingerprint density at radius 3 is 2.08 bits per heavy atom. The van der Waals surface area contributed by atoms with Crippen molar-refractivity contribution in [1.29, 1.82) is 0 Å². The highest BCUT2D eigenvalue weighted by atomic mass is 19.4. The lowest BCUT2D eigenvalue weighted by Gasteiger charge is -2.29. The number of rotatable bonds is 12. The Balaban J connectivity index is 0.00000101. The van der Waals surface area contributed by atoms with Crippen LogP contribution in [-0.4, -0.2) is 91.5 Å². The first kappa shape index (κ1) is 45.3. The molecular weight excluding hydrogens is 777 g/mol. The number of carbonyl (C=O) groups excluding carboxylic acids is 4. The Hall–Kier alpha value is -6.40. The average molecular weight is 825 g/mol. The van der Waals surface area contributed by atoms with E-state index >= 15 is 0 Å². The first-order chi connectivity index (χ1) is 27.8. The summed E-state index contributed by atoms with van der Waals surface area (Å²) in [5.74, 6) is -3.33. The monoisotopic (exact) mass is 824 g/mol. The van der Waals surface area contributed by atoms with Gasteiger partial charge in [-0.1, -0.05) is 30.3 Å². The van der Waals surface area contributed by atoms with Gasteiger partial charge in [-0.2, -0.15) is 18.4 Å². The standard InChI is InChI=1S/C38H46N8O6.C2HF3O2/c1-6-51-36(49)31-20-19-30(23(2)40-31)26-11-7-24(8-12-26)21-32(35(48)41-29-17-15-27(16-18-29)33-43-45-46-44-33)42-34(47)28-13-9-25(10-14-28)22-39-37(50)52-38(3,4)5;3-2(4,5)1(6)7/h7-8,11-12,15-20,25,28,32H,6,9-10,13-14,21-22H2,1-5H3,(H,39,50)(H,41,48)(H,42,47)(H,43,44,45,46);(H,6,7)/t25-,28-,32-;/m0./s1. The van der Waals surface area contributed by atoms with Gasteiger partial charge < -0.3 is 30.5 Å². The number of nitrogens with zero attached hydrogens (tertiary/aromatic N) is 4. The molecule has 2 aromatic carbocycles. The number of carboxylic acid groups (broad SMARTS) is 1. The van der Waals surface area contributed by atoms with E-state index in [1.165, 1.54) is 0 Å². The molecule has 0 unspecified atom stereocenters. The molecule has 0 radical (unpaired) electrons. The number of aryl methyl sites for hydroxylation is 1. The molecule has 1 aliphatic carbocycles. The first-order valence-corrected chi connectivity index (χ1v) is 18.8. The number of benzene rings is 2. The van der Waals surface area contributed by atoms with Crippen LogP contribution in [0.3, 0.4) is 0 Å². The zero-order valence-corrected chi connectivity index (χ0v) is 33.2. The van der Waals surface area contributed by atoms with Crippen LogP contribution in [-0.2, 0) is 30.3 Å². The van der Waals surface area contributed by atoms with Crippen LogP contribution in [0.4, 0.5) is 23.7 Å². The Morgan fingerprint density at radius 2 is 1.54 bits per heavy atom. The highest BCUT2D eigenvalue weighted by Gasteiger charge is 2.38. The van der Waals surface area contributed by atoms with Gasteiger partial charge in [0.2, 0.25) is 17.6 Å². The first-order valence-electron chi connectivity index (χ1n) is 18.8. The number of aliphatic carboxylic acids is 1. The number of pyridine rings is 1. The number of aromatic nitrogens is 5. The lowest BCUT2D eigenvalue weighted by molar-refractivity contribution is -0.192. The number of anilines is 1. The van der Waals surface area contributed by atoms with E-state index in [0.29, 0.717) is 36.6 Å². The molecule has 0 spiro atoms. The van der Waals surface area contributed by atoms with Crippen LogP contribution in [0.1, 0.15) is 75.1 Å². The number of hydrogen-bond donors (Lipinski definition) is 5. The molecule has 0 saturated heterocycles. The SMILES string of the molecule is CCOC(=O)c1ccc(-c2ccc(C[C@H](NC(=O)[C@H]3CC[C@H](CNC(=O)OC(C)(C)C)CC3)C(=O)Nc3ccc(-c4nn[nH]n4)cc3)cc2)c(C)n1.O=C(O)C(F)(F)F. The van der Waals surface area contributed by atoms with Gasteiger partial charge in [0.05, 0.1) is 6.61 Å². The van der Waals surface area contributed by atoms with E-state index in [1.54, 1.807) is 37.3 Å². The van der Waals surface area contributed by atoms with Crippen molar-refractivity contribution < 1.29 is 51.7 Å². The normalized spacial score (nSPS) is 15.7. The van der Waals surface area contributed by atoms with E-state index in [-0.39, 0.29) is 42.4 Å². The van der Waals surface area contributed by atoms with Crippen molar-refractivity contribution in [3.63, 3.8) is 0 Å². The largest absolute Gasteiger partial charge is 0.490 e. The van der Waals surface area contributed by atoms with Gasteiger partial charge in [0.25, 0.3) is 0 Å². The molecule has 316 valence electrons. The topological polar surface area (TPSA) is 227 Å². The highest BCUT2D eigenvalue weighted by molar-refractivity contribution is 5.98. The van der Waals surface area contributed by atoms with E-state index in [1.807, 2.05) is 58.0 Å². The quantitative estimate of drug-likeness (QED) is 0.103. The minimum atomic E-state index is -5.08. The smallest absolute Gasteiger partial charge is 0.475 e. The molecule has 5 rings (SSSR count). The molecule has 0 bridgehead atoms. The summed E-state index contributed by atoms with van der Waals surface area (Å²) in [7, 11) is 0. The van der Waals surface area contributed by atoms with E-state index in [4.69, 9.17) is 19.4 Å². The minimum Gasteiger partial charge on any atom is -0.475 e. The van der Waals surface area contributed by atoms with Gasteiger partial charge >= 0.3 is 24.2 Å². The van der Waals surface area contributed by atoms with Crippen molar-refractivity contribution in [3.05, 3.63) is 77.6 Å². The van der Waals surface area contributed by atoms with E-state index in [0.717, 1.165) is 35.1 Å². The summed E-state index contributed by atoms with van der Waals surface area (Å²) in [5, 5.41) is 29.9. The molecule has 3 amide bonds. The number of carboxylic acids is 1. The molecule has 59 heavy (non-hydrogen) atoms. The van der Waals surface area contributed by atoms with Crippen molar-refractivity contribution in [2.45, 2.75) is 84.5 Å². The Labute approximate surface area is 338 Å². The van der Waals surface area contributed by atoms with Crippen molar-refractivity contribution in [2.24, 2.45) is 11.8 Å². The van der Waals surface area contributed by atoms with Crippen molar-refractivity contribution in [1.82, 2.24) is 36.2 Å². The molecule has 0 aliphatic heterocycles. The third-order valence-corrected chi connectivity index (χ3v) is 9.06. The van der Waals surface area contributed by atoms with Crippen LogP contribution in [0.2, 0.25) is 0 Å². The number of aromatic amines is 1. The summed E-state index contributed by atoms with van der Waals surface area (Å²) in [6.45, 7) is 9.80. The summed E-state index contributed by atoms with van der Waals surface area (Å²) in [5.41, 5.74) is 4.26. The van der Waals surface area contributed by atoms with E-state index in [9.17, 15) is 32.3 Å². The number of halogens is 3. The summed E-state index contributed by atoms with van der Waals surface area (Å²) in [6.07, 6.45) is -2.43. The number of ether oxygens (including phenoxy) is 2. The second kappa shape index (κ2) is 20.3. The summed E-state index contributed by atoms with van der Waals surface area (Å²) in [4.78, 5) is 64.9. The van der Waals surface area contributed by atoms with E-state index in [2.05, 4.69) is 41.6 Å². The molecule has 16 nitrogen and oxygen atoms in total. The van der Waals surface area contributed by atoms with Gasteiger partial charge in [0, 0.05) is 41.4 Å².